The van der Waals surface area contributed by atoms with Gasteiger partial charge in [0.2, 0.25) is 10.0 Å². The standard InChI is InChI=1S/C16H26N2O4S/c1-13(2)16(18-8-10-22-11-9-18)12-17-23(19,20)15-6-4-14(21-3)5-7-15/h4-7,13,16-17H,8-12H2,1-3H3/t16-/m1/s1. The molecule has 1 aliphatic rings. The van der Waals surface area contributed by atoms with Crippen LogP contribution in [0.25, 0.3) is 0 Å². The molecular formula is C16H26N2O4S. The van der Waals surface area contributed by atoms with E-state index in [-0.39, 0.29) is 10.9 Å². The summed E-state index contributed by atoms with van der Waals surface area (Å²) in [4.78, 5) is 2.55. The molecule has 0 aromatic heterocycles. The fourth-order valence-corrected chi connectivity index (χ4v) is 3.78. The van der Waals surface area contributed by atoms with Crippen LogP contribution in [0.4, 0.5) is 0 Å². The first kappa shape index (κ1) is 18.2. The Kier molecular flexibility index (Phi) is 6.41. The minimum atomic E-state index is -3.52. The Labute approximate surface area is 138 Å². The summed E-state index contributed by atoms with van der Waals surface area (Å²) in [7, 11) is -1.96. The van der Waals surface area contributed by atoms with Crippen molar-refractivity contribution >= 4 is 10.0 Å². The fourth-order valence-electron chi connectivity index (χ4n) is 2.73. The minimum absolute atomic E-state index is 0.159. The molecule has 1 aromatic carbocycles. The van der Waals surface area contributed by atoms with Crippen molar-refractivity contribution in [3.05, 3.63) is 24.3 Å². The zero-order valence-corrected chi connectivity index (χ0v) is 14.8. The molecule has 1 saturated heterocycles. The highest BCUT2D eigenvalue weighted by Crippen LogP contribution is 2.17. The van der Waals surface area contributed by atoms with Crippen LogP contribution in [0.3, 0.4) is 0 Å². The Morgan fingerprint density at radius 2 is 1.83 bits per heavy atom. The van der Waals surface area contributed by atoms with Crippen molar-refractivity contribution < 1.29 is 17.9 Å². The highest BCUT2D eigenvalue weighted by molar-refractivity contribution is 7.89. The molecule has 1 heterocycles. The molecule has 130 valence electrons. The van der Waals surface area contributed by atoms with Gasteiger partial charge in [-0.05, 0) is 30.2 Å². The van der Waals surface area contributed by atoms with Crippen LogP contribution in [0.5, 0.6) is 5.75 Å². The molecule has 1 N–H and O–H groups in total. The van der Waals surface area contributed by atoms with Crippen LogP contribution >= 0.6 is 0 Å². The Morgan fingerprint density at radius 3 is 2.35 bits per heavy atom. The number of benzene rings is 1. The van der Waals surface area contributed by atoms with Crippen LogP contribution in [-0.4, -0.2) is 59.3 Å². The summed E-state index contributed by atoms with van der Waals surface area (Å²) >= 11 is 0. The van der Waals surface area contributed by atoms with Crippen molar-refractivity contribution in [2.45, 2.75) is 24.8 Å². The van der Waals surface area contributed by atoms with E-state index in [2.05, 4.69) is 23.5 Å². The van der Waals surface area contributed by atoms with Gasteiger partial charge in [-0.25, -0.2) is 13.1 Å². The van der Waals surface area contributed by atoms with E-state index in [9.17, 15) is 8.42 Å². The van der Waals surface area contributed by atoms with Crippen LogP contribution in [-0.2, 0) is 14.8 Å². The lowest BCUT2D eigenvalue weighted by Gasteiger charge is -2.36. The van der Waals surface area contributed by atoms with Crippen LogP contribution in [0.15, 0.2) is 29.2 Å². The predicted octanol–water partition coefficient (Wildman–Crippen LogP) is 1.33. The van der Waals surface area contributed by atoms with E-state index in [1.54, 1.807) is 31.4 Å². The Bertz CT molecular complexity index is 581. The molecule has 0 unspecified atom stereocenters. The van der Waals surface area contributed by atoms with Gasteiger partial charge >= 0.3 is 0 Å². The number of hydrogen-bond acceptors (Lipinski definition) is 5. The van der Waals surface area contributed by atoms with Gasteiger partial charge in [0.25, 0.3) is 0 Å². The topological polar surface area (TPSA) is 67.9 Å². The minimum Gasteiger partial charge on any atom is -0.497 e. The highest BCUT2D eigenvalue weighted by atomic mass is 32.2. The summed E-state index contributed by atoms with van der Waals surface area (Å²) in [5, 5.41) is 0. The van der Waals surface area contributed by atoms with E-state index in [0.717, 1.165) is 13.1 Å². The van der Waals surface area contributed by atoms with Gasteiger partial charge in [0.15, 0.2) is 0 Å². The highest BCUT2D eigenvalue weighted by Gasteiger charge is 2.25. The fraction of sp³-hybridized carbons (Fsp3) is 0.625. The number of rotatable bonds is 7. The van der Waals surface area contributed by atoms with Gasteiger partial charge in [0.05, 0.1) is 25.2 Å². The maximum atomic E-state index is 12.4. The Morgan fingerprint density at radius 1 is 1.22 bits per heavy atom. The second kappa shape index (κ2) is 8.10. The summed E-state index contributed by atoms with van der Waals surface area (Å²) < 4.78 is 38.1. The van der Waals surface area contributed by atoms with E-state index in [0.29, 0.717) is 31.4 Å². The average Bonchev–Trinajstić information content (AvgIpc) is 2.55. The van der Waals surface area contributed by atoms with Crippen molar-refractivity contribution in [3.63, 3.8) is 0 Å². The molecule has 7 heteroatoms. The molecule has 1 aromatic rings. The zero-order chi connectivity index (χ0) is 16.9. The first-order chi connectivity index (χ1) is 10.9. The van der Waals surface area contributed by atoms with E-state index < -0.39 is 10.0 Å². The molecule has 1 fully saturated rings. The maximum absolute atomic E-state index is 12.4. The monoisotopic (exact) mass is 342 g/mol. The first-order valence-corrected chi connectivity index (χ1v) is 9.38. The van der Waals surface area contributed by atoms with Crippen molar-refractivity contribution in [1.82, 2.24) is 9.62 Å². The van der Waals surface area contributed by atoms with Gasteiger partial charge in [-0.2, -0.15) is 0 Å². The van der Waals surface area contributed by atoms with Gasteiger partial charge in [-0.15, -0.1) is 0 Å². The van der Waals surface area contributed by atoms with Gasteiger partial charge < -0.3 is 9.47 Å². The van der Waals surface area contributed by atoms with Crippen LogP contribution in [0.1, 0.15) is 13.8 Å². The molecular weight excluding hydrogens is 316 g/mol. The molecule has 23 heavy (non-hydrogen) atoms. The van der Waals surface area contributed by atoms with Crippen molar-refractivity contribution in [2.75, 3.05) is 40.0 Å². The third-order valence-electron chi connectivity index (χ3n) is 4.14. The third-order valence-corrected chi connectivity index (χ3v) is 5.58. The smallest absolute Gasteiger partial charge is 0.240 e. The van der Waals surface area contributed by atoms with Gasteiger partial charge in [-0.3, -0.25) is 4.90 Å². The third kappa shape index (κ3) is 4.91. The number of hydrogen-bond donors (Lipinski definition) is 1. The molecule has 6 nitrogen and oxygen atoms in total. The second-order valence-corrected chi connectivity index (χ2v) is 7.75. The SMILES string of the molecule is COc1ccc(S(=O)(=O)NC[C@H](C(C)C)N2CCOCC2)cc1. The Balaban J connectivity index is 2.02. The molecule has 0 bridgehead atoms. The summed E-state index contributed by atoms with van der Waals surface area (Å²) in [5.41, 5.74) is 0. The van der Waals surface area contributed by atoms with Crippen molar-refractivity contribution in [1.29, 1.82) is 0 Å². The van der Waals surface area contributed by atoms with Gasteiger partial charge in [0, 0.05) is 25.7 Å². The zero-order valence-electron chi connectivity index (χ0n) is 14.0. The van der Waals surface area contributed by atoms with E-state index >= 15 is 0 Å². The first-order valence-electron chi connectivity index (χ1n) is 7.89. The largest absolute Gasteiger partial charge is 0.497 e. The lowest BCUT2D eigenvalue weighted by molar-refractivity contribution is 0.00776. The number of nitrogens with zero attached hydrogens (tertiary/aromatic N) is 1. The Hall–Kier alpha value is -1.15. The number of methoxy groups -OCH3 is 1. The summed E-state index contributed by atoms with van der Waals surface area (Å²) in [5.74, 6) is 0.990. The predicted molar refractivity (Wildman–Crippen MR) is 89.2 cm³/mol. The molecule has 2 rings (SSSR count). The molecule has 1 atom stereocenters. The van der Waals surface area contributed by atoms with Crippen LogP contribution < -0.4 is 9.46 Å². The van der Waals surface area contributed by atoms with Crippen molar-refractivity contribution in [2.24, 2.45) is 5.92 Å². The van der Waals surface area contributed by atoms with Crippen LogP contribution in [0.2, 0.25) is 0 Å². The number of sulfonamides is 1. The van der Waals surface area contributed by atoms with Crippen molar-refractivity contribution in [3.8, 4) is 5.75 Å². The normalized spacial score (nSPS) is 18.1. The molecule has 0 amide bonds. The molecule has 0 radical (unpaired) electrons. The summed E-state index contributed by atoms with van der Waals surface area (Å²) in [6.07, 6.45) is 0. The number of morpholine rings is 1. The molecule has 0 spiro atoms. The second-order valence-electron chi connectivity index (χ2n) is 5.99. The van der Waals surface area contributed by atoms with Crippen LogP contribution in [0, 0.1) is 5.92 Å². The quantitative estimate of drug-likeness (QED) is 0.810. The average molecular weight is 342 g/mol. The van der Waals surface area contributed by atoms with Gasteiger partial charge in [-0.1, -0.05) is 13.8 Å². The maximum Gasteiger partial charge on any atom is 0.240 e. The summed E-state index contributed by atoms with van der Waals surface area (Å²) in [6.45, 7) is 7.71. The summed E-state index contributed by atoms with van der Waals surface area (Å²) in [6, 6.07) is 6.57. The van der Waals surface area contributed by atoms with E-state index in [1.807, 2.05) is 0 Å². The molecule has 0 aliphatic carbocycles. The lowest BCUT2D eigenvalue weighted by Crippen LogP contribution is -2.51. The lowest BCUT2D eigenvalue weighted by atomic mass is 10.0. The molecule has 1 aliphatic heterocycles. The van der Waals surface area contributed by atoms with Gasteiger partial charge in [0.1, 0.15) is 5.75 Å². The van der Waals surface area contributed by atoms with E-state index in [4.69, 9.17) is 9.47 Å². The van der Waals surface area contributed by atoms with E-state index in [1.165, 1.54) is 0 Å². The number of ether oxygens (including phenoxy) is 2. The number of nitrogens with one attached hydrogen (secondary N) is 1. The molecule has 0 saturated carbocycles.